The Morgan fingerprint density at radius 3 is 2.21 bits per heavy atom. The van der Waals surface area contributed by atoms with Gasteiger partial charge in [0.05, 0.1) is 0 Å². The molecule has 0 spiro atoms. The van der Waals surface area contributed by atoms with Crippen LogP contribution in [0.5, 0.6) is 0 Å². The van der Waals surface area contributed by atoms with Crippen LogP contribution in [-0.2, 0) is 0 Å². The summed E-state index contributed by atoms with van der Waals surface area (Å²) in [6.45, 7) is 0. The lowest BCUT2D eigenvalue weighted by atomic mass is 9.73. The number of benzene rings is 4. The molecule has 0 fully saturated rings. The van der Waals surface area contributed by atoms with Crippen molar-refractivity contribution in [3.63, 3.8) is 0 Å². The van der Waals surface area contributed by atoms with E-state index in [4.69, 9.17) is 0 Å². The summed E-state index contributed by atoms with van der Waals surface area (Å²) >= 11 is 0. The molecule has 0 unspecified atom stereocenters. The lowest BCUT2D eigenvalue weighted by molar-refractivity contribution is 1.04. The van der Waals surface area contributed by atoms with Gasteiger partial charge in [0, 0.05) is 5.92 Å². The van der Waals surface area contributed by atoms with Crippen molar-refractivity contribution < 1.29 is 0 Å². The molecule has 1 radical (unpaired) electrons. The van der Waals surface area contributed by atoms with Gasteiger partial charge in [-0.15, -0.1) is 0 Å². The quantitative estimate of drug-likeness (QED) is 0.344. The van der Waals surface area contributed by atoms with Gasteiger partial charge in [0.2, 0.25) is 0 Å². The van der Waals surface area contributed by atoms with E-state index in [2.05, 4.69) is 78.9 Å². The zero-order valence-corrected chi connectivity index (χ0v) is 13.2. The van der Waals surface area contributed by atoms with E-state index in [0.717, 1.165) is 6.42 Å². The molecule has 4 aromatic rings. The van der Waals surface area contributed by atoms with Crippen molar-refractivity contribution in [2.75, 3.05) is 0 Å². The average Bonchev–Trinajstić information content (AvgIpc) is 2.62. The van der Waals surface area contributed by atoms with Crippen molar-refractivity contribution in [3.8, 4) is 0 Å². The number of allylic oxidation sites excluding steroid dienone is 1. The Kier molecular flexibility index (Phi) is 2.28. The second-order valence-corrected chi connectivity index (χ2v) is 6.79. The standard InChI is InChI=1S/C24H15/c1-2-4-18-14-23-19(13-17(18)3-1)9-10-22-20-11-12-21(24(22)23)16-7-5-15(20)6-8-16/h1-11,13-14H,12H2. The molecule has 0 saturated heterocycles. The number of rotatable bonds is 0. The van der Waals surface area contributed by atoms with Crippen molar-refractivity contribution in [1.82, 2.24) is 0 Å². The van der Waals surface area contributed by atoms with E-state index in [1.807, 2.05) is 0 Å². The van der Waals surface area contributed by atoms with Crippen LogP contribution in [-0.4, -0.2) is 0 Å². The largest absolute Gasteiger partial charge is 0.0748 e. The summed E-state index contributed by atoms with van der Waals surface area (Å²) in [7, 11) is 0. The van der Waals surface area contributed by atoms with E-state index in [1.165, 1.54) is 55.3 Å². The minimum Gasteiger partial charge on any atom is -0.0748 e. The van der Waals surface area contributed by atoms with Crippen LogP contribution in [0.4, 0.5) is 0 Å². The van der Waals surface area contributed by atoms with Gasteiger partial charge in [0.25, 0.3) is 0 Å². The molecule has 0 heteroatoms. The molecule has 5 aliphatic carbocycles. The van der Waals surface area contributed by atoms with Gasteiger partial charge in [-0.05, 0) is 67.9 Å². The highest BCUT2D eigenvalue weighted by atomic mass is 14.3. The molecule has 0 aliphatic heterocycles. The van der Waals surface area contributed by atoms with Gasteiger partial charge < -0.3 is 0 Å². The molecule has 0 heterocycles. The van der Waals surface area contributed by atoms with Crippen LogP contribution in [0.25, 0.3) is 27.1 Å². The van der Waals surface area contributed by atoms with Gasteiger partial charge in [-0.3, -0.25) is 0 Å². The van der Waals surface area contributed by atoms with Gasteiger partial charge in [-0.2, -0.15) is 0 Å². The highest BCUT2D eigenvalue weighted by molar-refractivity contribution is 6.04. The monoisotopic (exact) mass is 303 g/mol. The fourth-order valence-corrected chi connectivity index (χ4v) is 4.37. The molecule has 0 amide bonds. The van der Waals surface area contributed by atoms with Crippen LogP contribution >= 0.6 is 0 Å². The molecule has 9 rings (SSSR count). The van der Waals surface area contributed by atoms with E-state index in [0.29, 0.717) is 0 Å². The first-order chi connectivity index (χ1) is 11.9. The predicted molar refractivity (Wildman–Crippen MR) is 101 cm³/mol. The van der Waals surface area contributed by atoms with Gasteiger partial charge in [-0.25, -0.2) is 0 Å². The first-order valence-corrected chi connectivity index (χ1v) is 8.51. The van der Waals surface area contributed by atoms with Crippen LogP contribution in [0.1, 0.15) is 28.7 Å². The average molecular weight is 303 g/mol. The SMILES string of the molecule is C1=C2c3ccc(cc3)[C](C1)c1c2ccc2cc3ccccc3cc12. The molecule has 111 valence electrons. The summed E-state index contributed by atoms with van der Waals surface area (Å²) in [6.07, 6.45) is 3.43. The minimum absolute atomic E-state index is 1.03. The molecule has 0 N–H and O–H groups in total. The Hall–Kier alpha value is -2.86. The van der Waals surface area contributed by atoms with Gasteiger partial charge in [-0.1, -0.05) is 66.7 Å². The third-order valence-corrected chi connectivity index (χ3v) is 5.53. The molecule has 24 heavy (non-hydrogen) atoms. The van der Waals surface area contributed by atoms with E-state index in [-0.39, 0.29) is 0 Å². The summed E-state index contributed by atoms with van der Waals surface area (Å²) < 4.78 is 0. The molecule has 4 aromatic carbocycles. The summed E-state index contributed by atoms with van der Waals surface area (Å²) in [6, 6.07) is 27.0. The lowest BCUT2D eigenvalue weighted by Gasteiger charge is -2.30. The first-order valence-electron chi connectivity index (χ1n) is 8.51. The second kappa shape index (κ2) is 4.36. The van der Waals surface area contributed by atoms with Crippen molar-refractivity contribution in [1.29, 1.82) is 0 Å². The summed E-state index contributed by atoms with van der Waals surface area (Å²) in [4.78, 5) is 0. The zero-order chi connectivity index (χ0) is 15.7. The minimum atomic E-state index is 1.03. The van der Waals surface area contributed by atoms with Crippen molar-refractivity contribution in [3.05, 3.63) is 107 Å². The topological polar surface area (TPSA) is 0 Å². The molecule has 0 saturated carbocycles. The molecular weight excluding hydrogens is 288 g/mol. The molecule has 5 aliphatic rings. The van der Waals surface area contributed by atoms with Crippen LogP contribution in [0.2, 0.25) is 0 Å². The van der Waals surface area contributed by atoms with Crippen molar-refractivity contribution >= 4 is 27.1 Å². The van der Waals surface area contributed by atoms with Crippen molar-refractivity contribution in [2.24, 2.45) is 0 Å². The summed E-state index contributed by atoms with van der Waals surface area (Å²) in [5, 5.41) is 5.35. The summed E-state index contributed by atoms with van der Waals surface area (Å²) in [5.41, 5.74) is 6.90. The van der Waals surface area contributed by atoms with Gasteiger partial charge in [0.15, 0.2) is 0 Å². The van der Waals surface area contributed by atoms with Gasteiger partial charge in [0.1, 0.15) is 0 Å². The van der Waals surface area contributed by atoms with E-state index < -0.39 is 0 Å². The Morgan fingerprint density at radius 1 is 0.625 bits per heavy atom. The van der Waals surface area contributed by atoms with Gasteiger partial charge >= 0.3 is 0 Å². The number of fused-ring (bicyclic) bond motifs is 2. The molecule has 4 bridgehead atoms. The second-order valence-electron chi connectivity index (χ2n) is 6.79. The van der Waals surface area contributed by atoms with Crippen LogP contribution in [0.3, 0.4) is 0 Å². The third-order valence-electron chi connectivity index (χ3n) is 5.53. The molecular formula is C24H15. The van der Waals surface area contributed by atoms with E-state index in [9.17, 15) is 0 Å². The predicted octanol–water partition coefficient (Wildman–Crippen LogP) is 6.11. The molecule has 0 aromatic heterocycles. The fourth-order valence-electron chi connectivity index (χ4n) is 4.37. The van der Waals surface area contributed by atoms with Crippen molar-refractivity contribution in [2.45, 2.75) is 6.42 Å². The summed E-state index contributed by atoms with van der Waals surface area (Å²) in [5.74, 6) is 1.46. The Labute approximate surface area is 141 Å². The van der Waals surface area contributed by atoms with Crippen LogP contribution in [0.15, 0.2) is 78.9 Å². The lowest BCUT2D eigenvalue weighted by Crippen LogP contribution is -2.13. The molecule has 0 nitrogen and oxygen atoms in total. The number of hydrogen-bond acceptors (Lipinski definition) is 0. The first kappa shape index (κ1) is 12.5. The Morgan fingerprint density at radius 2 is 1.38 bits per heavy atom. The fraction of sp³-hybridized carbons (Fsp3) is 0.0417. The Bertz CT molecular complexity index is 1160. The maximum absolute atomic E-state index is 2.40. The third kappa shape index (κ3) is 1.53. The maximum Gasteiger partial charge on any atom is 0.0390 e. The number of hydrogen-bond donors (Lipinski definition) is 0. The normalized spacial score (nSPS) is 15.4. The van der Waals surface area contributed by atoms with Crippen LogP contribution in [0, 0.1) is 5.92 Å². The highest BCUT2D eigenvalue weighted by Crippen LogP contribution is 2.46. The highest BCUT2D eigenvalue weighted by Gasteiger charge is 2.28. The van der Waals surface area contributed by atoms with Crippen LogP contribution < -0.4 is 0 Å². The zero-order valence-electron chi connectivity index (χ0n) is 13.2. The molecule has 0 atom stereocenters. The smallest absolute Gasteiger partial charge is 0.0390 e. The maximum atomic E-state index is 2.40. The van der Waals surface area contributed by atoms with E-state index in [1.54, 1.807) is 0 Å². The van der Waals surface area contributed by atoms with E-state index >= 15 is 0 Å². The Balaban J connectivity index is 1.78.